The molecule has 0 bridgehead atoms. The number of rotatable bonds is 6. The Kier molecular flexibility index (Phi) is 6.91. The van der Waals surface area contributed by atoms with Gasteiger partial charge in [-0.25, -0.2) is 0 Å². The van der Waals surface area contributed by atoms with E-state index in [2.05, 4.69) is 98.1 Å². The van der Waals surface area contributed by atoms with E-state index in [0.29, 0.717) is 6.04 Å². The van der Waals surface area contributed by atoms with E-state index in [1.54, 1.807) is 0 Å². The highest BCUT2D eigenvalue weighted by atomic mass is 31.1. The maximum atomic E-state index is 5.03. The molecule has 29 heavy (non-hydrogen) atoms. The average Bonchev–Trinajstić information content (AvgIpc) is 2.80. The van der Waals surface area contributed by atoms with Gasteiger partial charge >= 0.3 is 0 Å². The Morgan fingerprint density at radius 1 is 0.759 bits per heavy atom. The van der Waals surface area contributed by atoms with Crippen molar-refractivity contribution in [1.82, 2.24) is 0 Å². The second kappa shape index (κ2) is 9.99. The van der Waals surface area contributed by atoms with E-state index >= 15 is 0 Å². The van der Waals surface area contributed by atoms with Crippen molar-refractivity contribution in [3.8, 4) is 0 Å². The zero-order valence-corrected chi connectivity index (χ0v) is 18.1. The van der Waals surface area contributed by atoms with E-state index in [9.17, 15) is 0 Å². The van der Waals surface area contributed by atoms with Gasteiger partial charge in [-0.3, -0.25) is 4.99 Å². The molecule has 1 nitrogen and oxygen atoms in total. The second-order valence-electron chi connectivity index (χ2n) is 7.98. The third kappa shape index (κ3) is 5.03. The van der Waals surface area contributed by atoms with Crippen molar-refractivity contribution in [2.24, 2.45) is 10.9 Å². The number of hydrogen-bond donors (Lipinski definition) is 0. The summed E-state index contributed by atoms with van der Waals surface area (Å²) in [6.45, 7) is 2.30. The van der Waals surface area contributed by atoms with Gasteiger partial charge < -0.3 is 0 Å². The summed E-state index contributed by atoms with van der Waals surface area (Å²) < 4.78 is 0. The molecule has 0 heterocycles. The minimum Gasteiger partial charge on any atom is -0.289 e. The fraction of sp³-hybridized carbons (Fsp3) is 0.296. The fourth-order valence-electron chi connectivity index (χ4n) is 4.32. The van der Waals surface area contributed by atoms with Crippen molar-refractivity contribution >= 4 is 30.0 Å². The number of aliphatic imine (C=N–C) groups is 1. The number of hydrogen-bond acceptors (Lipinski definition) is 1. The van der Waals surface area contributed by atoms with Gasteiger partial charge in [0.05, 0.1) is 0 Å². The molecule has 148 valence electrons. The maximum absolute atomic E-state index is 5.03. The molecule has 0 spiro atoms. The molecular formula is C27H30NP. The standard InChI is InChI=1S/C27H30NP/c1-22(23-13-5-2-6-14-23)28-21-24-15-11-12-20-27(24)29(25-16-7-3-8-17-25)26-18-9-4-10-19-26/h3-4,7-12,15-23H,2,5-6,13-14H2,1H3/t22-/m1/s1. The van der Waals surface area contributed by atoms with Gasteiger partial charge in [0.1, 0.15) is 0 Å². The summed E-state index contributed by atoms with van der Waals surface area (Å²) in [5.74, 6) is 0.747. The molecule has 3 aromatic rings. The molecule has 1 aliphatic rings. The molecule has 3 aromatic carbocycles. The first-order valence-electron chi connectivity index (χ1n) is 10.9. The smallest absolute Gasteiger partial charge is 0.0499 e. The van der Waals surface area contributed by atoms with Crippen molar-refractivity contribution in [2.45, 2.75) is 45.1 Å². The lowest BCUT2D eigenvalue weighted by Crippen LogP contribution is -2.23. The van der Waals surface area contributed by atoms with Crippen LogP contribution in [0.2, 0.25) is 0 Å². The molecule has 1 fully saturated rings. The van der Waals surface area contributed by atoms with Gasteiger partial charge in [0.2, 0.25) is 0 Å². The van der Waals surface area contributed by atoms with Crippen LogP contribution in [0.3, 0.4) is 0 Å². The van der Waals surface area contributed by atoms with Crippen molar-refractivity contribution in [2.75, 3.05) is 0 Å². The first kappa shape index (κ1) is 20.0. The van der Waals surface area contributed by atoms with Gasteiger partial charge in [-0.15, -0.1) is 0 Å². The van der Waals surface area contributed by atoms with Gasteiger partial charge in [-0.1, -0.05) is 104 Å². The van der Waals surface area contributed by atoms with Gasteiger partial charge in [-0.2, -0.15) is 0 Å². The Bertz CT molecular complexity index is 874. The van der Waals surface area contributed by atoms with Crippen molar-refractivity contribution in [1.29, 1.82) is 0 Å². The Morgan fingerprint density at radius 2 is 1.31 bits per heavy atom. The SMILES string of the molecule is C[C@@H](N=Cc1ccccc1P(c1ccccc1)c1ccccc1)C1CCCCC1. The third-order valence-corrected chi connectivity index (χ3v) is 8.51. The summed E-state index contributed by atoms with van der Waals surface area (Å²) in [5.41, 5.74) is 1.26. The van der Waals surface area contributed by atoms with E-state index in [0.717, 1.165) is 5.92 Å². The van der Waals surface area contributed by atoms with Crippen LogP contribution in [0, 0.1) is 5.92 Å². The summed E-state index contributed by atoms with van der Waals surface area (Å²) in [7, 11) is -0.603. The number of nitrogens with zero attached hydrogens (tertiary/aromatic N) is 1. The van der Waals surface area contributed by atoms with E-state index in [-0.39, 0.29) is 0 Å². The Balaban J connectivity index is 1.68. The van der Waals surface area contributed by atoms with Crippen LogP contribution in [0.25, 0.3) is 0 Å². The third-order valence-electron chi connectivity index (χ3n) is 5.99. The molecular weight excluding hydrogens is 369 g/mol. The minimum atomic E-state index is -0.603. The van der Waals surface area contributed by atoms with Crippen LogP contribution in [0.15, 0.2) is 89.9 Å². The summed E-state index contributed by atoms with van der Waals surface area (Å²) in [6, 6.07) is 31.1. The first-order valence-corrected chi connectivity index (χ1v) is 12.2. The van der Waals surface area contributed by atoms with Crippen LogP contribution in [-0.2, 0) is 0 Å². The van der Waals surface area contributed by atoms with Crippen LogP contribution >= 0.6 is 7.92 Å². The monoisotopic (exact) mass is 399 g/mol. The van der Waals surface area contributed by atoms with Gasteiger partial charge in [0.25, 0.3) is 0 Å². The molecule has 1 atom stereocenters. The fourth-order valence-corrected chi connectivity index (χ4v) is 6.74. The lowest BCUT2D eigenvalue weighted by atomic mass is 9.85. The second-order valence-corrected chi connectivity index (χ2v) is 10.2. The molecule has 0 radical (unpaired) electrons. The topological polar surface area (TPSA) is 12.4 Å². The molecule has 0 aromatic heterocycles. The summed E-state index contributed by atoms with van der Waals surface area (Å²) in [4.78, 5) is 5.03. The van der Waals surface area contributed by atoms with Crippen LogP contribution in [0.5, 0.6) is 0 Å². The highest BCUT2D eigenvalue weighted by Gasteiger charge is 2.20. The molecule has 1 aliphatic carbocycles. The average molecular weight is 400 g/mol. The predicted octanol–water partition coefficient (Wildman–Crippen LogP) is 5.83. The lowest BCUT2D eigenvalue weighted by Gasteiger charge is -2.25. The summed E-state index contributed by atoms with van der Waals surface area (Å²) in [6.07, 6.45) is 8.95. The van der Waals surface area contributed by atoms with E-state index in [1.807, 2.05) is 0 Å². The Hall–Kier alpha value is -2.24. The molecule has 0 N–H and O–H groups in total. The zero-order chi connectivity index (χ0) is 19.9. The van der Waals surface area contributed by atoms with Gasteiger partial charge in [0, 0.05) is 17.8 Å². The van der Waals surface area contributed by atoms with E-state index in [1.165, 1.54) is 53.6 Å². The zero-order valence-electron chi connectivity index (χ0n) is 17.2. The Morgan fingerprint density at radius 3 is 1.93 bits per heavy atom. The molecule has 0 aliphatic heterocycles. The number of benzene rings is 3. The summed E-state index contributed by atoms with van der Waals surface area (Å²) in [5, 5.41) is 4.16. The molecule has 0 saturated heterocycles. The van der Waals surface area contributed by atoms with Crippen LogP contribution in [-0.4, -0.2) is 12.3 Å². The maximum Gasteiger partial charge on any atom is 0.0499 e. The largest absolute Gasteiger partial charge is 0.289 e. The minimum absolute atomic E-state index is 0.406. The predicted molar refractivity (Wildman–Crippen MR) is 129 cm³/mol. The van der Waals surface area contributed by atoms with Gasteiger partial charge in [-0.05, 0) is 49.5 Å². The van der Waals surface area contributed by atoms with Crippen LogP contribution in [0.4, 0.5) is 0 Å². The summed E-state index contributed by atoms with van der Waals surface area (Å²) >= 11 is 0. The quantitative estimate of drug-likeness (QED) is 0.365. The van der Waals surface area contributed by atoms with Crippen molar-refractivity contribution in [3.05, 3.63) is 90.5 Å². The lowest BCUT2D eigenvalue weighted by molar-refractivity contribution is 0.318. The van der Waals surface area contributed by atoms with Crippen molar-refractivity contribution in [3.63, 3.8) is 0 Å². The molecule has 1 saturated carbocycles. The molecule has 2 heteroatoms. The highest BCUT2D eigenvalue weighted by Crippen LogP contribution is 2.34. The van der Waals surface area contributed by atoms with Crippen molar-refractivity contribution < 1.29 is 0 Å². The van der Waals surface area contributed by atoms with E-state index in [4.69, 9.17) is 4.99 Å². The highest BCUT2D eigenvalue weighted by molar-refractivity contribution is 7.80. The molecule has 4 rings (SSSR count). The molecule has 0 amide bonds. The van der Waals surface area contributed by atoms with E-state index < -0.39 is 7.92 Å². The normalized spacial score (nSPS) is 16.3. The van der Waals surface area contributed by atoms with Crippen LogP contribution < -0.4 is 15.9 Å². The molecule has 0 unspecified atom stereocenters. The van der Waals surface area contributed by atoms with Gasteiger partial charge in [0.15, 0.2) is 0 Å². The van der Waals surface area contributed by atoms with Crippen LogP contribution in [0.1, 0.15) is 44.6 Å². The first-order chi connectivity index (χ1) is 14.3. The Labute approximate surface area is 176 Å².